The van der Waals surface area contributed by atoms with Gasteiger partial charge in [0.1, 0.15) is 0 Å². The van der Waals surface area contributed by atoms with Gasteiger partial charge in [0.05, 0.1) is 4.90 Å². The summed E-state index contributed by atoms with van der Waals surface area (Å²) in [4.78, 5) is 0.269. The van der Waals surface area contributed by atoms with Crippen LogP contribution in [0, 0.1) is 6.92 Å². The van der Waals surface area contributed by atoms with Crippen molar-refractivity contribution in [3.05, 3.63) is 66.2 Å². The van der Waals surface area contributed by atoms with Gasteiger partial charge < -0.3 is 5.73 Å². The first kappa shape index (κ1) is 14.4. The fourth-order valence-electron chi connectivity index (χ4n) is 2.43. The zero-order valence-corrected chi connectivity index (χ0v) is 12.9. The van der Waals surface area contributed by atoms with Crippen LogP contribution >= 0.6 is 0 Å². The van der Waals surface area contributed by atoms with E-state index in [1.807, 2.05) is 31.2 Å². The summed E-state index contributed by atoms with van der Waals surface area (Å²) in [5, 5.41) is 1.65. The van der Waals surface area contributed by atoms with Gasteiger partial charge in [0, 0.05) is 16.8 Å². The van der Waals surface area contributed by atoms with E-state index in [1.165, 1.54) is 0 Å². The van der Waals surface area contributed by atoms with Gasteiger partial charge in [0.15, 0.2) is 0 Å². The van der Waals surface area contributed by atoms with Crippen LogP contribution in [0.5, 0.6) is 0 Å². The summed E-state index contributed by atoms with van der Waals surface area (Å²) in [5.74, 6) is 0. The Bertz CT molecular complexity index is 933. The molecule has 5 heteroatoms. The lowest BCUT2D eigenvalue weighted by molar-refractivity contribution is 0.602. The maximum absolute atomic E-state index is 12.7. The number of nitrogen functional groups attached to an aromatic ring is 1. The molecule has 0 aliphatic carbocycles. The Morgan fingerprint density at radius 2 is 1.50 bits per heavy atom. The SMILES string of the molecule is Cc1cccc2c(S(=O)(=O)Nc3ccc(N)cc3)cccc12. The second-order valence-electron chi connectivity index (χ2n) is 5.15. The first-order valence-electron chi connectivity index (χ1n) is 6.84. The second-order valence-corrected chi connectivity index (χ2v) is 6.80. The lowest BCUT2D eigenvalue weighted by Gasteiger charge is -2.11. The van der Waals surface area contributed by atoms with Crippen molar-refractivity contribution in [1.29, 1.82) is 0 Å². The highest BCUT2D eigenvalue weighted by Gasteiger charge is 2.17. The van der Waals surface area contributed by atoms with Crippen LogP contribution in [0.4, 0.5) is 11.4 Å². The third kappa shape index (κ3) is 2.63. The maximum Gasteiger partial charge on any atom is 0.262 e. The number of hydrogen-bond donors (Lipinski definition) is 2. The number of anilines is 2. The number of rotatable bonds is 3. The molecule has 0 saturated heterocycles. The predicted molar refractivity (Wildman–Crippen MR) is 90.3 cm³/mol. The molecule has 0 saturated carbocycles. The number of sulfonamides is 1. The Labute approximate surface area is 129 Å². The minimum Gasteiger partial charge on any atom is -0.399 e. The molecule has 0 fully saturated rings. The van der Waals surface area contributed by atoms with Crippen molar-refractivity contribution in [3.63, 3.8) is 0 Å². The molecule has 0 spiro atoms. The Morgan fingerprint density at radius 1 is 0.864 bits per heavy atom. The van der Waals surface area contributed by atoms with Crippen LogP contribution in [0.1, 0.15) is 5.56 Å². The van der Waals surface area contributed by atoms with Crippen molar-refractivity contribution in [3.8, 4) is 0 Å². The quantitative estimate of drug-likeness (QED) is 0.727. The van der Waals surface area contributed by atoms with E-state index in [-0.39, 0.29) is 4.90 Å². The molecule has 112 valence electrons. The van der Waals surface area contributed by atoms with Crippen molar-refractivity contribution < 1.29 is 8.42 Å². The number of nitrogens with one attached hydrogen (secondary N) is 1. The van der Waals surface area contributed by atoms with Crippen LogP contribution in [0.25, 0.3) is 10.8 Å². The van der Waals surface area contributed by atoms with Crippen molar-refractivity contribution >= 4 is 32.2 Å². The van der Waals surface area contributed by atoms with E-state index in [4.69, 9.17) is 5.73 Å². The smallest absolute Gasteiger partial charge is 0.262 e. The highest BCUT2D eigenvalue weighted by atomic mass is 32.2. The second kappa shape index (κ2) is 5.35. The van der Waals surface area contributed by atoms with Crippen molar-refractivity contribution in [2.75, 3.05) is 10.5 Å². The van der Waals surface area contributed by atoms with Crippen molar-refractivity contribution in [1.82, 2.24) is 0 Å². The molecule has 3 aromatic rings. The minimum absolute atomic E-state index is 0.269. The van der Waals surface area contributed by atoms with Crippen LogP contribution < -0.4 is 10.5 Å². The molecule has 0 amide bonds. The molecule has 0 atom stereocenters. The number of benzene rings is 3. The van der Waals surface area contributed by atoms with E-state index < -0.39 is 10.0 Å². The molecule has 0 radical (unpaired) electrons. The van der Waals surface area contributed by atoms with E-state index in [2.05, 4.69) is 4.72 Å². The van der Waals surface area contributed by atoms with Crippen LogP contribution in [0.2, 0.25) is 0 Å². The first-order chi connectivity index (χ1) is 10.5. The Kier molecular flexibility index (Phi) is 3.50. The molecule has 3 aromatic carbocycles. The van der Waals surface area contributed by atoms with Gasteiger partial charge in [0.25, 0.3) is 10.0 Å². The maximum atomic E-state index is 12.7. The molecule has 22 heavy (non-hydrogen) atoms. The predicted octanol–water partition coefficient (Wildman–Crippen LogP) is 3.53. The van der Waals surface area contributed by atoms with Crippen LogP contribution in [0.15, 0.2) is 65.6 Å². The van der Waals surface area contributed by atoms with Crippen LogP contribution in [-0.2, 0) is 10.0 Å². The average molecular weight is 312 g/mol. The van der Waals surface area contributed by atoms with Crippen molar-refractivity contribution in [2.24, 2.45) is 0 Å². The summed E-state index contributed by atoms with van der Waals surface area (Å²) >= 11 is 0. The first-order valence-corrected chi connectivity index (χ1v) is 8.32. The molecule has 0 aromatic heterocycles. The summed E-state index contributed by atoms with van der Waals surface area (Å²) < 4.78 is 27.9. The van der Waals surface area contributed by atoms with Gasteiger partial charge >= 0.3 is 0 Å². The van der Waals surface area contributed by atoms with Gasteiger partial charge in [-0.3, -0.25) is 4.72 Å². The van der Waals surface area contributed by atoms with Gasteiger partial charge in [-0.15, -0.1) is 0 Å². The molecule has 3 N–H and O–H groups in total. The Balaban J connectivity index is 2.09. The minimum atomic E-state index is -3.66. The molecule has 0 bridgehead atoms. The summed E-state index contributed by atoms with van der Waals surface area (Å²) in [7, 11) is -3.66. The normalized spacial score (nSPS) is 11.5. The number of aryl methyl sites for hydroxylation is 1. The molecular weight excluding hydrogens is 296 g/mol. The summed E-state index contributed by atoms with van der Waals surface area (Å²) in [6.07, 6.45) is 0. The van der Waals surface area contributed by atoms with E-state index in [0.717, 1.165) is 10.9 Å². The summed E-state index contributed by atoms with van der Waals surface area (Å²) in [5.41, 5.74) is 7.73. The molecule has 0 aliphatic heterocycles. The zero-order chi connectivity index (χ0) is 15.7. The van der Waals surface area contributed by atoms with E-state index in [0.29, 0.717) is 16.8 Å². The monoisotopic (exact) mass is 312 g/mol. The third-order valence-electron chi connectivity index (χ3n) is 3.55. The largest absolute Gasteiger partial charge is 0.399 e. The van der Waals surface area contributed by atoms with Crippen LogP contribution in [0.3, 0.4) is 0 Å². The van der Waals surface area contributed by atoms with Crippen LogP contribution in [-0.4, -0.2) is 8.42 Å². The Morgan fingerprint density at radius 3 is 2.23 bits per heavy atom. The lowest BCUT2D eigenvalue weighted by Crippen LogP contribution is -2.13. The van der Waals surface area contributed by atoms with E-state index in [1.54, 1.807) is 36.4 Å². The number of nitrogens with two attached hydrogens (primary N) is 1. The standard InChI is InChI=1S/C17H16N2O2S/c1-12-4-2-6-16-15(12)5-3-7-17(16)22(20,21)19-14-10-8-13(18)9-11-14/h2-11,19H,18H2,1H3. The van der Waals surface area contributed by atoms with Gasteiger partial charge in [-0.2, -0.15) is 0 Å². The fourth-order valence-corrected chi connectivity index (χ4v) is 3.72. The zero-order valence-electron chi connectivity index (χ0n) is 12.1. The fraction of sp³-hybridized carbons (Fsp3) is 0.0588. The topological polar surface area (TPSA) is 72.2 Å². The number of fused-ring (bicyclic) bond motifs is 1. The molecular formula is C17H16N2O2S. The number of hydrogen-bond acceptors (Lipinski definition) is 3. The summed E-state index contributed by atoms with van der Waals surface area (Å²) in [6.45, 7) is 1.96. The third-order valence-corrected chi connectivity index (χ3v) is 4.99. The lowest BCUT2D eigenvalue weighted by atomic mass is 10.1. The van der Waals surface area contributed by atoms with Crippen molar-refractivity contribution in [2.45, 2.75) is 11.8 Å². The summed E-state index contributed by atoms with van der Waals surface area (Å²) in [6, 6.07) is 17.5. The van der Waals surface area contributed by atoms with Gasteiger partial charge in [-0.05, 0) is 48.2 Å². The molecule has 3 rings (SSSR count). The van der Waals surface area contributed by atoms with Gasteiger partial charge in [0.2, 0.25) is 0 Å². The molecule has 0 unspecified atom stereocenters. The molecule has 0 aliphatic rings. The highest BCUT2D eigenvalue weighted by Crippen LogP contribution is 2.27. The van der Waals surface area contributed by atoms with E-state index in [9.17, 15) is 8.42 Å². The Hall–Kier alpha value is -2.53. The van der Waals surface area contributed by atoms with Gasteiger partial charge in [-0.25, -0.2) is 8.42 Å². The average Bonchev–Trinajstić information content (AvgIpc) is 2.49. The van der Waals surface area contributed by atoms with E-state index >= 15 is 0 Å². The highest BCUT2D eigenvalue weighted by molar-refractivity contribution is 7.93. The van der Waals surface area contributed by atoms with Gasteiger partial charge in [-0.1, -0.05) is 30.3 Å². The molecule has 0 heterocycles. The molecule has 4 nitrogen and oxygen atoms in total.